The first kappa shape index (κ1) is 17.4. The van der Waals surface area contributed by atoms with Crippen molar-refractivity contribution in [2.75, 3.05) is 19.8 Å². The number of aryl methyl sites for hydroxylation is 1. The molecular weight excluding hydrogens is 298 g/mol. The minimum absolute atomic E-state index is 0.138. The fourth-order valence-electron chi connectivity index (χ4n) is 2.25. The van der Waals surface area contributed by atoms with E-state index in [1.54, 1.807) is 0 Å². The van der Waals surface area contributed by atoms with E-state index in [0.29, 0.717) is 26.2 Å². The molecule has 7 heteroatoms. The van der Waals surface area contributed by atoms with Crippen LogP contribution in [0.5, 0.6) is 0 Å². The van der Waals surface area contributed by atoms with E-state index < -0.39 is 0 Å². The smallest absolute Gasteiger partial charge is 0.272 e. The minimum Gasteiger partial charge on any atom is -0.379 e. The number of ether oxygens (including phenoxy) is 2. The summed E-state index contributed by atoms with van der Waals surface area (Å²) in [5.74, 6) is -0.316. The Kier molecular flexibility index (Phi) is 6.06. The molecule has 23 heavy (non-hydrogen) atoms. The van der Waals surface area contributed by atoms with Crippen molar-refractivity contribution in [2.45, 2.75) is 32.4 Å². The van der Waals surface area contributed by atoms with E-state index in [2.05, 4.69) is 10.4 Å². The molecule has 1 fully saturated rings. The van der Waals surface area contributed by atoms with E-state index in [9.17, 15) is 9.59 Å². The first-order valence-corrected chi connectivity index (χ1v) is 7.65. The number of carbonyl (C=O) groups excluding carboxylic acids is 1. The highest BCUT2D eigenvalue weighted by Crippen LogP contribution is 2.12. The van der Waals surface area contributed by atoms with Gasteiger partial charge in [-0.15, -0.1) is 0 Å². The standard InChI is InChI=1S/C16H23N3O4/c1-11(2)6-9-23-14-10-22-8-7-12(14)17-16(21)13-4-5-15(20)19(3)18-13/h4-6,12,14H,7-10H2,1-3H3,(H,17,21)/t12-,14-/m1/s1. The molecule has 1 N–H and O–H groups in total. The predicted octanol–water partition coefficient (Wildman–Crippen LogP) is 0.650. The van der Waals surface area contributed by atoms with Crippen LogP contribution < -0.4 is 10.9 Å². The molecule has 0 unspecified atom stereocenters. The molecule has 0 aromatic carbocycles. The van der Waals surface area contributed by atoms with Gasteiger partial charge in [0.1, 0.15) is 11.8 Å². The van der Waals surface area contributed by atoms with Crippen molar-refractivity contribution < 1.29 is 14.3 Å². The summed E-state index contributed by atoms with van der Waals surface area (Å²) in [6, 6.07) is 2.62. The summed E-state index contributed by atoms with van der Waals surface area (Å²) >= 11 is 0. The molecule has 0 bridgehead atoms. The lowest BCUT2D eigenvalue weighted by atomic mass is 10.1. The van der Waals surface area contributed by atoms with Gasteiger partial charge in [-0.3, -0.25) is 9.59 Å². The van der Waals surface area contributed by atoms with Crippen molar-refractivity contribution >= 4 is 5.91 Å². The van der Waals surface area contributed by atoms with E-state index >= 15 is 0 Å². The molecule has 1 aliphatic rings. The van der Waals surface area contributed by atoms with Crippen molar-refractivity contribution in [3.8, 4) is 0 Å². The van der Waals surface area contributed by atoms with E-state index in [1.807, 2.05) is 19.9 Å². The molecule has 1 aromatic heterocycles. The maximum Gasteiger partial charge on any atom is 0.272 e. The number of nitrogens with one attached hydrogen (secondary N) is 1. The van der Waals surface area contributed by atoms with E-state index in [1.165, 1.54) is 24.8 Å². The van der Waals surface area contributed by atoms with Crippen LogP contribution in [0.3, 0.4) is 0 Å². The number of carbonyl (C=O) groups is 1. The third-order valence-corrected chi connectivity index (χ3v) is 3.62. The molecule has 0 spiro atoms. The van der Waals surface area contributed by atoms with E-state index in [4.69, 9.17) is 9.47 Å². The zero-order chi connectivity index (χ0) is 16.8. The average molecular weight is 321 g/mol. The lowest BCUT2D eigenvalue weighted by Crippen LogP contribution is -2.50. The number of allylic oxidation sites excluding steroid dienone is 1. The van der Waals surface area contributed by atoms with Crippen LogP contribution in [0.2, 0.25) is 0 Å². The monoisotopic (exact) mass is 321 g/mol. The third kappa shape index (κ3) is 5.01. The van der Waals surface area contributed by atoms with Gasteiger partial charge in [-0.25, -0.2) is 4.68 Å². The summed E-state index contributed by atoms with van der Waals surface area (Å²) in [6.07, 6.45) is 2.47. The zero-order valence-corrected chi connectivity index (χ0v) is 13.7. The van der Waals surface area contributed by atoms with Gasteiger partial charge in [-0.1, -0.05) is 11.6 Å². The number of amides is 1. The maximum absolute atomic E-state index is 12.3. The molecule has 1 amide bonds. The highest BCUT2D eigenvalue weighted by Gasteiger charge is 2.28. The van der Waals surface area contributed by atoms with Gasteiger partial charge in [-0.05, 0) is 26.3 Å². The van der Waals surface area contributed by atoms with Crippen LogP contribution in [0.15, 0.2) is 28.6 Å². The van der Waals surface area contributed by atoms with Crippen molar-refractivity contribution in [1.29, 1.82) is 0 Å². The Labute approximate surface area is 135 Å². The summed E-state index contributed by atoms with van der Waals surface area (Å²) in [6.45, 7) is 5.52. The Bertz CT molecular complexity index is 634. The van der Waals surface area contributed by atoms with Crippen LogP contribution in [0, 0.1) is 0 Å². The molecule has 7 nitrogen and oxygen atoms in total. The van der Waals surface area contributed by atoms with Crippen molar-refractivity contribution in [1.82, 2.24) is 15.1 Å². The lowest BCUT2D eigenvalue weighted by Gasteiger charge is -2.31. The second-order valence-corrected chi connectivity index (χ2v) is 5.78. The predicted molar refractivity (Wildman–Crippen MR) is 85.3 cm³/mol. The maximum atomic E-state index is 12.3. The van der Waals surface area contributed by atoms with Gasteiger partial charge in [0.15, 0.2) is 0 Å². The summed E-state index contributed by atoms with van der Waals surface area (Å²) in [5.41, 5.74) is 1.13. The Morgan fingerprint density at radius 2 is 2.30 bits per heavy atom. The number of nitrogens with zero attached hydrogens (tertiary/aromatic N) is 2. The quantitative estimate of drug-likeness (QED) is 0.805. The molecule has 1 saturated heterocycles. The summed E-state index contributed by atoms with van der Waals surface area (Å²) < 4.78 is 12.4. The van der Waals surface area contributed by atoms with Gasteiger partial charge in [0.25, 0.3) is 11.5 Å². The SMILES string of the molecule is CC(C)=CCO[C@@H]1COCC[C@H]1NC(=O)c1ccc(=O)n(C)n1. The largest absolute Gasteiger partial charge is 0.379 e. The normalized spacial score (nSPS) is 20.8. The van der Waals surface area contributed by atoms with Crippen molar-refractivity contribution in [3.05, 3.63) is 39.8 Å². The van der Waals surface area contributed by atoms with E-state index in [0.717, 1.165) is 4.68 Å². The van der Waals surface area contributed by atoms with Gasteiger partial charge < -0.3 is 14.8 Å². The second kappa shape index (κ2) is 8.03. The van der Waals surface area contributed by atoms with Crippen LogP contribution in [0.1, 0.15) is 30.8 Å². The van der Waals surface area contributed by atoms with Gasteiger partial charge in [0.2, 0.25) is 0 Å². The molecule has 0 radical (unpaired) electrons. The lowest BCUT2D eigenvalue weighted by molar-refractivity contribution is -0.0589. The number of rotatable bonds is 5. The van der Waals surface area contributed by atoms with Crippen LogP contribution in [-0.4, -0.2) is 47.7 Å². The van der Waals surface area contributed by atoms with E-state index in [-0.39, 0.29) is 29.3 Å². The molecule has 0 saturated carbocycles. The fourth-order valence-corrected chi connectivity index (χ4v) is 2.25. The summed E-state index contributed by atoms with van der Waals surface area (Å²) in [7, 11) is 1.51. The minimum atomic E-state index is -0.316. The van der Waals surface area contributed by atoms with Crippen molar-refractivity contribution in [3.63, 3.8) is 0 Å². The first-order chi connectivity index (χ1) is 11.0. The highest BCUT2D eigenvalue weighted by atomic mass is 16.5. The van der Waals surface area contributed by atoms with Crippen molar-refractivity contribution in [2.24, 2.45) is 7.05 Å². The van der Waals surface area contributed by atoms with Gasteiger partial charge in [0, 0.05) is 19.7 Å². The molecule has 126 valence electrons. The Morgan fingerprint density at radius 3 is 3.00 bits per heavy atom. The van der Waals surface area contributed by atoms with Crippen LogP contribution in [-0.2, 0) is 16.5 Å². The Morgan fingerprint density at radius 1 is 1.52 bits per heavy atom. The molecule has 1 aromatic rings. The molecule has 2 heterocycles. The topological polar surface area (TPSA) is 82.5 Å². The first-order valence-electron chi connectivity index (χ1n) is 7.65. The second-order valence-electron chi connectivity index (χ2n) is 5.78. The average Bonchev–Trinajstić information content (AvgIpc) is 2.51. The number of hydrogen-bond donors (Lipinski definition) is 1. The number of hydrogen-bond acceptors (Lipinski definition) is 5. The third-order valence-electron chi connectivity index (χ3n) is 3.62. The van der Waals surface area contributed by atoms with Gasteiger partial charge in [-0.2, -0.15) is 5.10 Å². The van der Waals surface area contributed by atoms with Crippen LogP contribution in [0.25, 0.3) is 0 Å². The van der Waals surface area contributed by atoms with Gasteiger partial charge in [0.05, 0.1) is 19.3 Å². The molecular formula is C16H23N3O4. The molecule has 0 aliphatic carbocycles. The van der Waals surface area contributed by atoms with Gasteiger partial charge >= 0.3 is 0 Å². The fraction of sp³-hybridized carbons (Fsp3) is 0.562. The Balaban J connectivity index is 2.00. The summed E-state index contributed by atoms with van der Waals surface area (Å²) in [5, 5.41) is 6.89. The molecule has 2 rings (SSSR count). The zero-order valence-electron chi connectivity index (χ0n) is 13.7. The summed E-state index contributed by atoms with van der Waals surface area (Å²) in [4.78, 5) is 23.6. The Hall–Kier alpha value is -1.99. The number of aromatic nitrogens is 2. The molecule has 2 atom stereocenters. The molecule has 1 aliphatic heterocycles. The highest BCUT2D eigenvalue weighted by molar-refractivity contribution is 5.92. The van der Waals surface area contributed by atoms with Crippen LogP contribution >= 0.6 is 0 Å². The van der Waals surface area contributed by atoms with Crippen LogP contribution in [0.4, 0.5) is 0 Å².